The molecule has 14 atom stereocenters. The molecule has 4 fully saturated rings. The number of allylic oxidation sites excluding steroid dienone is 2. The minimum atomic E-state index is 0.246. The Labute approximate surface area is 247 Å². The summed E-state index contributed by atoms with van der Waals surface area (Å²) in [4.78, 5) is 0. The van der Waals surface area contributed by atoms with Gasteiger partial charge in [-0.15, -0.1) is 11.6 Å². The van der Waals surface area contributed by atoms with Crippen LogP contribution < -0.4 is 0 Å². The molecule has 0 heterocycles. The molecule has 0 aromatic carbocycles. The quantitative estimate of drug-likeness (QED) is 0.243. The van der Waals surface area contributed by atoms with Gasteiger partial charge >= 0.3 is 0 Å². The first kappa shape index (κ1) is 30.4. The molecule has 0 amide bonds. The Hall–Kier alpha value is -0.0100. The molecule has 0 spiro atoms. The fraction of sp³-hybridized carbons (Fsp3) is 0.946. The van der Waals surface area contributed by atoms with Crippen molar-refractivity contribution in [3.63, 3.8) is 0 Å². The first-order valence-electron chi connectivity index (χ1n) is 17.4. The van der Waals surface area contributed by atoms with Crippen molar-refractivity contribution >= 4 is 11.6 Å². The van der Waals surface area contributed by atoms with E-state index in [1.54, 1.807) is 0 Å². The Morgan fingerprint density at radius 2 is 1.59 bits per heavy atom. The average Bonchev–Trinajstić information content (AvgIpc) is 3.26. The van der Waals surface area contributed by atoms with Crippen LogP contribution in [0.2, 0.25) is 0 Å². The topological polar surface area (TPSA) is 20.2 Å². The zero-order valence-corrected chi connectivity index (χ0v) is 27.6. The van der Waals surface area contributed by atoms with Crippen LogP contribution in [0.15, 0.2) is 11.6 Å². The molecule has 0 bridgehead atoms. The highest BCUT2D eigenvalue weighted by molar-refractivity contribution is 6.20. The van der Waals surface area contributed by atoms with E-state index in [4.69, 9.17) is 11.6 Å². The summed E-state index contributed by atoms with van der Waals surface area (Å²) in [5.74, 6) is 9.09. The van der Waals surface area contributed by atoms with Gasteiger partial charge in [-0.3, -0.25) is 0 Å². The maximum absolute atomic E-state index is 10.3. The van der Waals surface area contributed by atoms with Crippen molar-refractivity contribution in [2.45, 2.75) is 131 Å². The zero-order valence-electron chi connectivity index (χ0n) is 26.9. The summed E-state index contributed by atoms with van der Waals surface area (Å²) in [7, 11) is 0. The fourth-order valence-corrected chi connectivity index (χ4v) is 12.2. The lowest BCUT2D eigenvalue weighted by molar-refractivity contribution is -0.0763. The van der Waals surface area contributed by atoms with E-state index in [0.29, 0.717) is 35.2 Å². The molecular formula is C37H63ClO. The van der Waals surface area contributed by atoms with Gasteiger partial charge in [0.15, 0.2) is 0 Å². The van der Waals surface area contributed by atoms with Crippen molar-refractivity contribution in [2.24, 2.45) is 81.8 Å². The van der Waals surface area contributed by atoms with E-state index >= 15 is 0 Å². The molecule has 39 heavy (non-hydrogen) atoms. The van der Waals surface area contributed by atoms with Gasteiger partial charge in [-0.05, 0) is 140 Å². The van der Waals surface area contributed by atoms with Crippen LogP contribution in [0.3, 0.4) is 0 Å². The highest BCUT2D eigenvalue weighted by Gasteiger charge is 2.60. The summed E-state index contributed by atoms with van der Waals surface area (Å²) in [5.41, 5.74) is 2.92. The second kappa shape index (κ2) is 11.6. The van der Waals surface area contributed by atoms with Crippen LogP contribution in [-0.2, 0) is 0 Å². The van der Waals surface area contributed by atoms with Crippen molar-refractivity contribution in [1.29, 1.82) is 0 Å². The molecule has 1 N–H and O–H groups in total. The lowest BCUT2D eigenvalue weighted by Gasteiger charge is -2.61. The summed E-state index contributed by atoms with van der Waals surface area (Å²) in [5, 5.41) is 10.6. The standard InChI is InChI=1S/C37H63ClO/c1-22(2)23(3)9-10-24(4)31-13-14-33-29-11-12-32-26(6)28(30-19-25(5)35(38)20-27(30)21-39)15-17-37(32,8)34(29)16-18-36(31,33)7/h11,22-28,30-35,39H,9-10,12-21H2,1-8H3. The molecule has 0 radical (unpaired) electrons. The van der Waals surface area contributed by atoms with E-state index in [-0.39, 0.29) is 5.38 Å². The monoisotopic (exact) mass is 558 g/mol. The van der Waals surface area contributed by atoms with Crippen molar-refractivity contribution in [2.75, 3.05) is 6.61 Å². The lowest BCUT2D eigenvalue weighted by Crippen LogP contribution is -2.53. The number of aliphatic hydroxyl groups is 1. The van der Waals surface area contributed by atoms with Crippen LogP contribution >= 0.6 is 11.6 Å². The smallest absolute Gasteiger partial charge is 0.0462 e. The second-order valence-corrected chi connectivity index (χ2v) is 17.4. The van der Waals surface area contributed by atoms with Crippen LogP contribution in [0.5, 0.6) is 0 Å². The van der Waals surface area contributed by atoms with Crippen LogP contribution in [0.25, 0.3) is 0 Å². The van der Waals surface area contributed by atoms with Gasteiger partial charge in [0, 0.05) is 12.0 Å². The van der Waals surface area contributed by atoms with Gasteiger partial charge in [-0.25, -0.2) is 0 Å². The maximum atomic E-state index is 10.3. The van der Waals surface area contributed by atoms with E-state index < -0.39 is 0 Å². The van der Waals surface area contributed by atoms with Crippen LogP contribution in [-0.4, -0.2) is 17.1 Å². The van der Waals surface area contributed by atoms with Gasteiger partial charge in [-0.1, -0.05) is 79.9 Å². The third-order valence-electron chi connectivity index (χ3n) is 14.8. The average molecular weight is 559 g/mol. The molecule has 0 saturated heterocycles. The van der Waals surface area contributed by atoms with E-state index in [0.717, 1.165) is 59.7 Å². The summed E-state index contributed by atoms with van der Waals surface area (Å²) in [6, 6.07) is 0. The van der Waals surface area contributed by atoms with E-state index in [1.807, 2.05) is 5.57 Å². The Morgan fingerprint density at radius 3 is 2.28 bits per heavy atom. The van der Waals surface area contributed by atoms with Crippen molar-refractivity contribution in [3.05, 3.63) is 11.6 Å². The number of halogens is 1. The Kier molecular flexibility index (Phi) is 9.04. The highest BCUT2D eigenvalue weighted by Crippen LogP contribution is 2.68. The predicted octanol–water partition coefficient (Wildman–Crippen LogP) is 10.4. The van der Waals surface area contributed by atoms with Gasteiger partial charge in [-0.2, -0.15) is 0 Å². The van der Waals surface area contributed by atoms with Crippen LogP contribution in [0.1, 0.15) is 126 Å². The number of alkyl halides is 1. The number of aliphatic hydroxyl groups excluding tert-OH is 1. The van der Waals surface area contributed by atoms with E-state index in [9.17, 15) is 5.11 Å². The minimum Gasteiger partial charge on any atom is -0.396 e. The SMILES string of the molecule is CC(C)C(C)CCC(C)C1CCC2C3=CCC4C(C)C(C5CC(C)C(Cl)CC5CO)CCC4(C)C3CCC21C. The molecule has 1 nitrogen and oxygen atoms in total. The Morgan fingerprint density at radius 1 is 0.897 bits per heavy atom. The van der Waals surface area contributed by atoms with E-state index in [2.05, 4.69) is 61.5 Å². The molecule has 224 valence electrons. The zero-order chi connectivity index (χ0) is 28.3. The van der Waals surface area contributed by atoms with Crippen molar-refractivity contribution < 1.29 is 5.11 Å². The third kappa shape index (κ3) is 5.23. The van der Waals surface area contributed by atoms with Crippen molar-refractivity contribution in [1.82, 2.24) is 0 Å². The molecule has 0 aromatic rings. The molecule has 4 saturated carbocycles. The molecule has 5 rings (SSSR count). The summed E-state index contributed by atoms with van der Waals surface area (Å²) >= 11 is 6.70. The maximum Gasteiger partial charge on any atom is 0.0462 e. The van der Waals surface area contributed by atoms with Gasteiger partial charge in [0.05, 0.1) is 0 Å². The number of hydrogen-bond acceptors (Lipinski definition) is 1. The first-order valence-corrected chi connectivity index (χ1v) is 17.8. The minimum absolute atomic E-state index is 0.246. The largest absolute Gasteiger partial charge is 0.396 e. The molecule has 5 aliphatic rings. The van der Waals surface area contributed by atoms with Gasteiger partial charge < -0.3 is 5.11 Å². The van der Waals surface area contributed by atoms with Crippen LogP contribution in [0, 0.1) is 81.8 Å². The Bertz CT molecular complexity index is 879. The number of rotatable bonds is 7. The molecule has 2 heteroatoms. The van der Waals surface area contributed by atoms with Crippen LogP contribution in [0.4, 0.5) is 0 Å². The van der Waals surface area contributed by atoms with Gasteiger partial charge in [0.2, 0.25) is 0 Å². The fourth-order valence-electron chi connectivity index (χ4n) is 11.8. The summed E-state index contributed by atoms with van der Waals surface area (Å²) < 4.78 is 0. The number of fused-ring (bicyclic) bond motifs is 5. The molecule has 5 aliphatic carbocycles. The highest BCUT2D eigenvalue weighted by atomic mass is 35.5. The normalized spacial score (nSPS) is 49.6. The van der Waals surface area contributed by atoms with Crippen molar-refractivity contribution in [3.8, 4) is 0 Å². The second-order valence-electron chi connectivity index (χ2n) is 16.8. The van der Waals surface area contributed by atoms with E-state index in [1.165, 1.54) is 64.2 Å². The van der Waals surface area contributed by atoms with Gasteiger partial charge in [0.1, 0.15) is 0 Å². The third-order valence-corrected chi connectivity index (χ3v) is 15.5. The van der Waals surface area contributed by atoms with Gasteiger partial charge in [0.25, 0.3) is 0 Å². The lowest BCUT2D eigenvalue weighted by atomic mass is 9.44. The molecular weight excluding hydrogens is 496 g/mol. The summed E-state index contributed by atoms with van der Waals surface area (Å²) in [6.07, 6.45) is 17.8. The predicted molar refractivity (Wildman–Crippen MR) is 168 cm³/mol. The summed E-state index contributed by atoms with van der Waals surface area (Å²) in [6.45, 7) is 20.6. The first-order chi connectivity index (χ1) is 18.4. The molecule has 14 unspecified atom stereocenters. The number of hydrogen-bond donors (Lipinski definition) is 1. The molecule has 0 aromatic heterocycles. The molecule has 0 aliphatic heterocycles. The Balaban J connectivity index is 1.31.